The lowest BCUT2D eigenvalue weighted by atomic mass is 10.2. The minimum atomic E-state index is -0.545. The summed E-state index contributed by atoms with van der Waals surface area (Å²) in [7, 11) is 0. The number of hydrogen-bond acceptors (Lipinski definition) is 4. The molecule has 27 heavy (non-hydrogen) atoms. The van der Waals surface area contributed by atoms with Crippen LogP contribution in [0.5, 0.6) is 0 Å². The third-order valence-electron chi connectivity index (χ3n) is 3.89. The van der Waals surface area contributed by atoms with E-state index in [0.29, 0.717) is 28.1 Å². The van der Waals surface area contributed by atoms with Gasteiger partial charge in [-0.3, -0.25) is 14.5 Å². The molecule has 1 aliphatic rings. The van der Waals surface area contributed by atoms with Crippen molar-refractivity contribution < 1.29 is 14.0 Å². The summed E-state index contributed by atoms with van der Waals surface area (Å²) in [6.07, 6.45) is 0.0109. The molecular formula is C19H17ClFN3O2S. The predicted molar refractivity (Wildman–Crippen MR) is 107 cm³/mol. The van der Waals surface area contributed by atoms with Crippen molar-refractivity contribution in [2.75, 3.05) is 11.9 Å². The summed E-state index contributed by atoms with van der Waals surface area (Å²) in [6.45, 7) is 2.32. The van der Waals surface area contributed by atoms with Crippen molar-refractivity contribution in [2.45, 2.75) is 18.6 Å². The summed E-state index contributed by atoms with van der Waals surface area (Å²) in [6, 6.07) is 12.5. The van der Waals surface area contributed by atoms with Crippen molar-refractivity contribution in [1.29, 1.82) is 0 Å². The van der Waals surface area contributed by atoms with Crippen LogP contribution in [0.25, 0.3) is 0 Å². The molecule has 0 unspecified atom stereocenters. The zero-order chi connectivity index (χ0) is 19.4. The molecule has 0 radical (unpaired) electrons. The fraction of sp³-hybridized carbons (Fsp3) is 0.211. The normalized spacial score (nSPS) is 18.2. The van der Waals surface area contributed by atoms with E-state index >= 15 is 0 Å². The van der Waals surface area contributed by atoms with E-state index < -0.39 is 5.25 Å². The van der Waals surface area contributed by atoms with Gasteiger partial charge in [0.1, 0.15) is 11.1 Å². The Labute approximate surface area is 165 Å². The molecule has 2 amide bonds. The van der Waals surface area contributed by atoms with Crippen LogP contribution in [-0.4, -0.2) is 33.7 Å². The number of halogens is 2. The van der Waals surface area contributed by atoms with Crippen LogP contribution in [0.4, 0.5) is 15.8 Å². The molecule has 1 aliphatic heterocycles. The fourth-order valence-electron chi connectivity index (χ4n) is 2.56. The Kier molecular flexibility index (Phi) is 6.13. The maximum absolute atomic E-state index is 12.9. The number of rotatable bonds is 5. The third-order valence-corrected chi connectivity index (χ3v) is 5.31. The van der Waals surface area contributed by atoms with Crippen molar-refractivity contribution in [1.82, 2.24) is 4.90 Å². The minimum absolute atomic E-state index is 0.0109. The van der Waals surface area contributed by atoms with E-state index in [2.05, 4.69) is 10.3 Å². The van der Waals surface area contributed by atoms with Gasteiger partial charge in [0.25, 0.3) is 0 Å². The Morgan fingerprint density at radius 2 is 1.89 bits per heavy atom. The highest BCUT2D eigenvalue weighted by molar-refractivity contribution is 8.15. The molecule has 0 aliphatic carbocycles. The molecule has 2 aromatic carbocycles. The van der Waals surface area contributed by atoms with Crippen LogP contribution in [-0.2, 0) is 9.59 Å². The molecule has 0 spiro atoms. The molecule has 1 N–H and O–H groups in total. The zero-order valence-corrected chi connectivity index (χ0v) is 16.1. The molecule has 1 heterocycles. The molecular weight excluding hydrogens is 389 g/mol. The van der Waals surface area contributed by atoms with Gasteiger partial charge >= 0.3 is 0 Å². The zero-order valence-electron chi connectivity index (χ0n) is 14.5. The molecule has 1 fully saturated rings. The van der Waals surface area contributed by atoms with Gasteiger partial charge in [0.05, 0.1) is 5.69 Å². The van der Waals surface area contributed by atoms with Gasteiger partial charge in [-0.05, 0) is 55.5 Å². The van der Waals surface area contributed by atoms with E-state index in [1.165, 1.54) is 36.0 Å². The average molecular weight is 406 g/mol. The first-order valence-corrected chi connectivity index (χ1v) is 9.59. The molecule has 0 saturated carbocycles. The maximum atomic E-state index is 12.9. The molecule has 0 aromatic heterocycles. The number of aliphatic imine (C=N–C) groups is 1. The second kappa shape index (κ2) is 8.54. The first-order chi connectivity index (χ1) is 13.0. The van der Waals surface area contributed by atoms with Crippen molar-refractivity contribution >= 4 is 51.7 Å². The molecule has 0 bridgehead atoms. The number of nitrogens with zero attached hydrogens (tertiary/aromatic N) is 2. The Hall–Kier alpha value is -2.38. The van der Waals surface area contributed by atoms with Gasteiger partial charge in [-0.2, -0.15) is 0 Å². The molecule has 2 aromatic rings. The van der Waals surface area contributed by atoms with Crippen LogP contribution < -0.4 is 5.32 Å². The van der Waals surface area contributed by atoms with Crippen molar-refractivity contribution in [3.8, 4) is 0 Å². The summed E-state index contributed by atoms with van der Waals surface area (Å²) >= 11 is 7.14. The lowest BCUT2D eigenvalue weighted by Crippen LogP contribution is -2.33. The van der Waals surface area contributed by atoms with E-state index in [0.717, 1.165) is 0 Å². The topological polar surface area (TPSA) is 61.8 Å². The van der Waals surface area contributed by atoms with E-state index in [1.54, 1.807) is 29.2 Å². The smallest absolute Gasteiger partial charge is 0.242 e. The Bertz CT molecular complexity index is 872. The number of carbonyl (C=O) groups is 2. The second-order valence-corrected chi connectivity index (χ2v) is 7.43. The molecule has 140 valence electrons. The monoisotopic (exact) mass is 405 g/mol. The quantitative estimate of drug-likeness (QED) is 0.798. The SMILES string of the molecule is CCN1C(=O)[C@H](CC(=O)Nc2ccc(F)cc2)SC1=Nc1ccc(Cl)cc1. The molecule has 3 rings (SSSR count). The first kappa shape index (κ1) is 19.4. The van der Waals surface area contributed by atoms with Gasteiger partial charge in [-0.1, -0.05) is 23.4 Å². The average Bonchev–Trinajstić information content (AvgIpc) is 2.93. The van der Waals surface area contributed by atoms with E-state index in [9.17, 15) is 14.0 Å². The Morgan fingerprint density at radius 3 is 2.52 bits per heavy atom. The lowest BCUT2D eigenvalue weighted by molar-refractivity contribution is -0.128. The standard InChI is InChI=1S/C19H17ClFN3O2S/c1-2-24-18(26)16(11-17(25)22-14-9-5-13(21)6-10-14)27-19(24)23-15-7-3-12(20)4-8-15/h3-10,16H,2,11H2,1H3,(H,22,25)/t16-/m0/s1. The van der Waals surface area contributed by atoms with Crippen LogP contribution >= 0.6 is 23.4 Å². The Balaban J connectivity index is 1.69. The van der Waals surface area contributed by atoms with Crippen LogP contribution in [0.3, 0.4) is 0 Å². The highest BCUT2D eigenvalue weighted by Gasteiger charge is 2.38. The molecule has 1 atom stereocenters. The lowest BCUT2D eigenvalue weighted by Gasteiger charge is -2.13. The Morgan fingerprint density at radius 1 is 1.22 bits per heavy atom. The molecule has 5 nitrogen and oxygen atoms in total. The van der Waals surface area contributed by atoms with Gasteiger partial charge in [0.2, 0.25) is 11.8 Å². The number of carbonyl (C=O) groups excluding carboxylic acids is 2. The van der Waals surface area contributed by atoms with E-state index in [-0.39, 0.29) is 24.1 Å². The van der Waals surface area contributed by atoms with Gasteiger partial charge in [0, 0.05) is 23.7 Å². The largest absolute Gasteiger partial charge is 0.326 e. The minimum Gasteiger partial charge on any atom is -0.326 e. The summed E-state index contributed by atoms with van der Waals surface area (Å²) in [5.41, 5.74) is 1.17. The van der Waals surface area contributed by atoms with Crippen molar-refractivity contribution in [2.24, 2.45) is 4.99 Å². The number of amidine groups is 1. The summed E-state index contributed by atoms with van der Waals surface area (Å²) in [5, 5.41) is 3.30. The number of amides is 2. The summed E-state index contributed by atoms with van der Waals surface area (Å²) < 4.78 is 12.9. The van der Waals surface area contributed by atoms with Gasteiger partial charge in [-0.25, -0.2) is 9.38 Å². The van der Waals surface area contributed by atoms with E-state index in [1.807, 2.05) is 6.92 Å². The van der Waals surface area contributed by atoms with Crippen LogP contribution in [0, 0.1) is 5.82 Å². The van der Waals surface area contributed by atoms with Gasteiger partial charge < -0.3 is 5.32 Å². The highest BCUT2D eigenvalue weighted by atomic mass is 35.5. The summed E-state index contributed by atoms with van der Waals surface area (Å²) in [4.78, 5) is 30.9. The molecule has 1 saturated heterocycles. The number of thioether (sulfide) groups is 1. The van der Waals surface area contributed by atoms with Crippen LogP contribution in [0.2, 0.25) is 5.02 Å². The number of benzene rings is 2. The fourth-order valence-corrected chi connectivity index (χ4v) is 3.90. The second-order valence-electron chi connectivity index (χ2n) is 5.82. The third kappa shape index (κ3) is 4.87. The summed E-state index contributed by atoms with van der Waals surface area (Å²) in [5.74, 6) is -0.836. The van der Waals surface area contributed by atoms with Crippen molar-refractivity contribution in [3.05, 3.63) is 59.4 Å². The highest BCUT2D eigenvalue weighted by Crippen LogP contribution is 2.32. The van der Waals surface area contributed by atoms with Crippen molar-refractivity contribution in [3.63, 3.8) is 0 Å². The van der Waals surface area contributed by atoms with Gasteiger partial charge in [0.15, 0.2) is 5.17 Å². The number of anilines is 1. The van der Waals surface area contributed by atoms with Gasteiger partial charge in [-0.15, -0.1) is 0 Å². The maximum Gasteiger partial charge on any atom is 0.242 e. The number of hydrogen-bond donors (Lipinski definition) is 1. The van der Waals surface area contributed by atoms with E-state index in [4.69, 9.17) is 11.6 Å². The molecule has 8 heteroatoms. The van der Waals surface area contributed by atoms with Crippen LogP contribution in [0.15, 0.2) is 53.5 Å². The first-order valence-electron chi connectivity index (χ1n) is 8.34. The predicted octanol–water partition coefficient (Wildman–Crippen LogP) is 4.46. The number of nitrogens with one attached hydrogen (secondary N) is 1. The van der Waals surface area contributed by atoms with Crippen LogP contribution in [0.1, 0.15) is 13.3 Å².